The highest BCUT2D eigenvalue weighted by molar-refractivity contribution is 5.14. The summed E-state index contributed by atoms with van der Waals surface area (Å²) in [6.07, 6.45) is 2.15. The number of hydrogen-bond acceptors (Lipinski definition) is 3. The van der Waals surface area contributed by atoms with Gasteiger partial charge in [0.25, 0.3) is 0 Å². The first-order valence-electron chi connectivity index (χ1n) is 6.97. The number of benzene rings is 1. The van der Waals surface area contributed by atoms with E-state index in [0.29, 0.717) is 0 Å². The molecule has 0 saturated carbocycles. The van der Waals surface area contributed by atoms with Gasteiger partial charge in [-0.05, 0) is 18.5 Å². The Morgan fingerprint density at radius 2 is 2.06 bits per heavy atom. The second-order valence-corrected chi connectivity index (χ2v) is 5.16. The minimum atomic E-state index is -0.231. The zero-order valence-corrected chi connectivity index (χ0v) is 11.2. The number of aliphatic hydroxyl groups is 1. The van der Waals surface area contributed by atoms with Gasteiger partial charge in [0.05, 0.1) is 6.10 Å². The molecule has 0 spiro atoms. The SMILES string of the molecule is CCCCN[C@@H]1CN(Cc2ccccc2)C[C@H]1O. The van der Waals surface area contributed by atoms with Crippen molar-refractivity contribution in [1.82, 2.24) is 10.2 Å². The largest absolute Gasteiger partial charge is 0.390 e. The Morgan fingerprint density at radius 3 is 2.78 bits per heavy atom. The average molecular weight is 248 g/mol. The molecule has 2 N–H and O–H groups in total. The van der Waals surface area contributed by atoms with Gasteiger partial charge in [-0.25, -0.2) is 0 Å². The van der Waals surface area contributed by atoms with Crippen molar-refractivity contribution >= 4 is 0 Å². The van der Waals surface area contributed by atoms with Crippen molar-refractivity contribution in [3.05, 3.63) is 35.9 Å². The van der Waals surface area contributed by atoms with Crippen LogP contribution in [0.1, 0.15) is 25.3 Å². The average Bonchev–Trinajstić information content (AvgIpc) is 2.71. The molecule has 3 nitrogen and oxygen atoms in total. The molecule has 3 heteroatoms. The van der Waals surface area contributed by atoms with Gasteiger partial charge < -0.3 is 10.4 Å². The molecule has 1 saturated heterocycles. The van der Waals surface area contributed by atoms with Gasteiger partial charge in [0.2, 0.25) is 0 Å². The summed E-state index contributed by atoms with van der Waals surface area (Å²) >= 11 is 0. The van der Waals surface area contributed by atoms with Gasteiger partial charge in [-0.2, -0.15) is 0 Å². The number of hydrogen-bond donors (Lipinski definition) is 2. The zero-order chi connectivity index (χ0) is 12.8. The molecule has 1 heterocycles. The Hall–Kier alpha value is -0.900. The third kappa shape index (κ3) is 3.80. The van der Waals surface area contributed by atoms with Gasteiger partial charge in [0.15, 0.2) is 0 Å². The van der Waals surface area contributed by atoms with E-state index in [1.807, 2.05) is 6.07 Å². The van der Waals surface area contributed by atoms with Gasteiger partial charge in [0, 0.05) is 25.7 Å². The van der Waals surface area contributed by atoms with E-state index in [4.69, 9.17) is 0 Å². The number of likely N-dealkylation sites (tertiary alicyclic amines) is 1. The summed E-state index contributed by atoms with van der Waals surface area (Å²) in [5.74, 6) is 0. The smallest absolute Gasteiger partial charge is 0.0832 e. The highest BCUT2D eigenvalue weighted by Gasteiger charge is 2.30. The summed E-state index contributed by atoms with van der Waals surface area (Å²) in [5, 5.41) is 13.5. The maximum Gasteiger partial charge on any atom is 0.0832 e. The fourth-order valence-electron chi connectivity index (χ4n) is 2.50. The molecule has 1 aromatic carbocycles. The second-order valence-electron chi connectivity index (χ2n) is 5.16. The fraction of sp³-hybridized carbons (Fsp3) is 0.600. The van der Waals surface area contributed by atoms with E-state index in [9.17, 15) is 5.11 Å². The van der Waals surface area contributed by atoms with Crippen LogP contribution in [-0.2, 0) is 6.54 Å². The van der Waals surface area contributed by atoms with E-state index >= 15 is 0 Å². The summed E-state index contributed by atoms with van der Waals surface area (Å²) in [6.45, 7) is 5.86. The molecule has 0 bridgehead atoms. The van der Waals surface area contributed by atoms with Crippen molar-refractivity contribution < 1.29 is 5.11 Å². The molecule has 100 valence electrons. The Morgan fingerprint density at radius 1 is 1.28 bits per heavy atom. The quantitative estimate of drug-likeness (QED) is 0.751. The van der Waals surface area contributed by atoms with Gasteiger partial charge in [-0.15, -0.1) is 0 Å². The van der Waals surface area contributed by atoms with E-state index in [1.165, 1.54) is 18.4 Å². The highest BCUT2D eigenvalue weighted by atomic mass is 16.3. The van der Waals surface area contributed by atoms with Gasteiger partial charge in [-0.1, -0.05) is 43.7 Å². The first-order valence-corrected chi connectivity index (χ1v) is 6.97. The van der Waals surface area contributed by atoms with E-state index < -0.39 is 0 Å². The number of nitrogens with zero attached hydrogens (tertiary/aromatic N) is 1. The highest BCUT2D eigenvalue weighted by Crippen LogP contribution is 2.14. The second kappa shape index (κ2) is 6.88. The molecule has 18 heavy (non-hydrogen) atoms. The van der Waals surface area contributed by atoms with E-state index in [0.717, 1.165) is 26.2 Å². The maximum absolute atomic E-state index is 10.0. The normalized spacial score (nSPS) is 24.6. The molecule has 1 aromatic rings. The van der Waals surface area contributed by atoms with Gasteiger partial charge in [0.1, 0.15) is 0 Å². The first-order chi connectivity index (χ1) is 8.79. The molecular weight excluding hydrogens is 224 g/mol. The predicted octanol–water partition coefficient (Wildman–Crippen LogP) is 1.62. The predicted molar refractivity (Wildman–Crippen MR) is 74.4 cm³/mol. The summed E-state index contributed by atoms with van der Waals surface area (Å²) in [7, 11) is 0. The summed E-state index contributed by atoms with van der Waals surface area (Å²) < 4.78 is 0. The summed E-state index contributed by atoms with van der Waals surface area (Å²) in [6, 6.07) is 10.7. The third-order valence-corrected chi connectivity index (χ3v) is 3.55. The molecule has 1 aliphatic heterocycles. The molecular formula is C15H24N2O. The lowest BCUT2D eigenvalue weighted by Gasteiger charge is -2.16. The number of nitrogens with one attached hydrogen (secondary N) is 1. The molecule has 0 aliphatic carbocycles. The van der Waals surface area contributed by atoms with Crippen molar-refractivity contribution in [3.63, 3.8) is 0 Å². The lowest BCUT2D eigenvalue weighted by molar-refractivity contribution is 0.153. The first kappa shape index (κ1) is 13.5. The molecule has 0 amide bonds. The van der Waals surface area contributed by atoms with Crippen LogP contribution in [0.3, 0.4) is 0 Å². The van der Waals surface area contributed by atoms with Crippen LogP contribution in [0.15, 0.2) is 30.3 Å². The standard InChI is InChI=1S/C15H24N2O/c1-2-3-9-16-14-11-17(12-15(14)18)10-13-7-5-4-6-8-13/h4-8,14-16,18H,2-3,9-12H2,1H3/t14-,15-/m1/s1. The minimum absolute atomic E-state index is 0.231. The van der Waals surface area contributed by atoms with Gasteiger partial charge >= 0.3 is 0 Å². The maximum atomic E-state index is 10.0. The van der Waals surface area contributed by atoms with Crippen molar-refractivity contribution in [2.75, 3.05) is 19.6 Å². The monoisotopic (exact) mass is 248 g/mol. The van der Waals surface area contributed by atoms with Crippen LogP contribution < -0.4 is 5.32 Å². The van der Waals surface area contributed by atoms with E-state index in [1.54, 1.807) is 0 Å². The summed E-state index contributed by atoms with van der Waals surface area (Å²) in [5.41, 5.74) is 1.32. The van der Waals surface area contributed by atoms with Crippen LogP contribution in [0.4, 0.5) is 0 Å². The summed E-state index contributed by atoms with van der Waals surface area (Å²) in [4.78, 5) is 2.32. The fourth-order valence-corrected chi connectivity index (χ4v) is 2.50. The van der Waals surface area contributed by atoms with Crippen molar-refractivity contribution in [2.45, 2.75) is 38.5 Å². The number of rotatable bonds is 6. The Bertz CT molecular complexity index is 342. The van der Waals surface area contributed by atoms with E-state index in [-0.39, 0.29) is 12.1 Å². The van der Waals surface area contributed by atoms with Crippen LogP contribution in [0.5, 0.6) is 0 Å². The number of aliphatic hydroxyl groups excluding tert-OH is 1. The number of unbranched alkanes of at least 4 members (excludes halogenated alkanes) is 1. The topological polar surface area (TPSA) is 35.5 Å². The zero-order valence-electron chi connectivity index (χ0n) is 11.2. The lowest BCUT2D eigenvalue weighted by Crippen LogP contribution is -2.39. The molecule has 2 atom stereocenters. The molecule has 0 radical (unpaired) electrons. The van der Waals surface area contributed by atoms with Crippen LogP contribution in [0.25, 0.3) is 0 Å². The molecule has 0 unspecified atom stereocenters. The van der Waals surface area contributed by atoms with Crippen LogP contribution in [-0.4, -0.2) is 41.8 Å². The molecule has 1 aliphatic rings. The van der Waals surface area contributed by atoms with Gasteiger partial charge in [-0.3, -0.25) is 4.90 Å². The minimum Gasteiger partial charge on any atom is -0.390 e. The van der Waals surface area contributed by atoms with Crippen LogP contribution in [0.2, 0.25) is 0 Å². The Kier molecular flexibility index (Phi) is 5.17. The Balaban J connectivity index is 1.79. The molecule has 1 fully saturated rings. The van der Waals surface area contributed by atoms with Crippen molar-refractivity contribution in [3.8, 4) is 0 Å². The molecule has 0 aromatic heterocycles. The van der Waals surface area contributed by atoms with E-state index in [2.05, 4.69) is 41.4 Å². The third-order valence-electron chi connectivity index (χ3n) is 3.55. The Labute approximate surface area is 110 Å². The number of β-amino-alcohol motifs (C(OH)–C–C–N with tert-alkyl or cyclic N) is 1. The van der Waals surface area contributed by atoms with Crippen molar-refractivity contribution in [1.29, 1.82) is 0 Å². The van der Waals surface area contributed by atoms with Crippen LogP contribution in [0, 0.1) is 0 Å². The molecule has 2 rings (SSSR count). The van der Waals surface area contributed by atoms with Crippen LogP contribution >= 0.6 is 0 Å². The lowest BCUT2D eigenvalue weighted by atomic mass is 10.2. The van der Waals surface area contributed by atoms with Crippen molar-refractivity contribution in [2.24, 2.45) is 0 Å².